The monoisotopic (exact) mass is 305 g/mol. The molecule has 0 fully saturated rings. The molecule has 0 atom stereocenters. The van der Waals surface area contributed by atoms with Gasteiger partial charge >= 0.3 is 0 Å². The smallest absolute Gasteiger partial charge is 0.139 e. The summed E-state index contributed by atoms with van der Waals surface area (Å²) in [6.07, 6.45) is 3.36. The number of hydrogen-bond donors (Lipinski definition) is 2. The average Bonchev–Trinajstić information content (AvgIpc) is 2.37. The predicted octanol–water partition coefficient (Wildman–Crippen LogP) is 2.71. The molecule has 1 aromatic carbocycles. The zero-order chi connectivity index (χ0) is 13.0. The van der Waals surface area contributed by atoms with E-state index in [4.69, 9.17) is 15.9 Å². The first kappa shape index (κ1) is 12.6. The summed E-state index contributed by atoms with van der Waals surface area (Å²) in [6, 6.07) is 9.25. The lowest BCUT2D eigenvalue weighted by atomic mass is 10.1. The number of nitrogens with two attached hydrogens (primary N) is 1. The Hall–Kier alpha value is -1.88. The Bertz CT molecular complexity index is 554. The van der Waals surface area contributed by atoms with Crippen LogP contribution in [0.1, 0.15) is 11.1 Å². The lowest BCUT2D eigenvalue weighted by Gasteiger charge is -2.06. The molecule has 3 N–H and O–H groups in total. The normalized spacial score (nSPS) is 10.1. The number of amidine groups is 1. The highest BCUT2D eigenvalue weighted by molar-refractivity contribution is 9.10. The van der Waals surface area contributed by atoms with Crippen LogP contribution in [0.15, 0.2) is 47.2 Å². The van der Waals surface area contributed by atoms with Crippen LogP contribution in [0.2, 0.25) is 0 Å². The van der Waals surface area contributed by atoms with Crippen LogP contribution in [0.3, 0.4) is 0 Å². The largest absolute Gasteiger partial charge is 0.487 e. The van der Waals surface area contributed by atoms with Crippen LogP contribution in [-0.4, -0.2) is 10.8 Å². The lowest BCUT2D eigenvalue weighted by molar-refractivity contribution is 0.305. The summed E-state index contributed by atoms with van der Waals surface area (Å²) in [4.78, 5) is 4.02. The van der Waals surface area contributed by atoms with E-state index in [0.717, 1.165) is 10.0 Å². The Labute approximate surface area is 113 Å². The Morgan fingerprint density at radius 3 is 2.61 bits per heavy atom. The highest BCUT2D eigenvalue weighted by Crippen LogP contribution is 2.17. The molecule has 0 unspecified atom stereocenters. The topological polar surface area (TPSA) is 72.0 Å². The fourth-order valence-corrected chi connectivity index (χ4v) is 1.76. The van der Waals surface area contributed by atoms with E-state index in [2.05, 4.69) is 20.9 Å². The van der Waals surface area contributed by atoms with Crippen molar-refractivity contribution in [2.45, 2.75) is 6.61 Å². The third-order valence-corrected chi connectivity index (χ3v) is 2.78. The van der Waals surface area contributed by atoms with Crippen molar-refractivity contribution in [3.05, 3.63) is 58.3 Å². The summed E-state index contributed by atoms with van der Waals surface area (Å²) in [6.45, 7) is 0.455. The fraction of sp³-hybridized carbons (Fsp3) is 0.0769. The molecule has 0 aliphatic rings. The van der Waals surface area contributed by atoms with Crippen molar-refractivity contribution >= 4 is 21.8 Å². The van der Waals surface area contributed by atoms with E-state index < -0.39 is 0 Å². The fourth-order valence-electron chi connectivity index (χ4n) is 1.42. The number of halogens is 1. The van der Waals surface area contributed by atoms with E-state index in [9.17, 15) is 0 Å². The molecule has 4 nitrogen and oxygen atoms in total. The van der Waals surface area contributed by atoms with Gasteiger partial charge in [-0.3, -0.25) is 10.4 Å². The van der Waals surface area contributed by atoms with Gasteiger partial charge in [0.05, 0.1) is 6.20 Å². The molecule has 0 saturated carbocycles. The second-order valence-electron chi connectivity index (χ2n) is 3.74. The van der Waals surface area contributed by atoms with Crippen LogP contribution >= 0.6 is 15.9 Å². The van der Waals surface area contributed by atoms with Gasteiger partial charge in [0.1, 0.15) is 18.2 Å². The molecule has 0 bridgehead atoms. The molecule has 2 rings (SSSR count). The molecular weight excluding hydrogens is 294 g/mol. The van der Waals surface area contributed by atoms with E-state index in [1.54, 1.807) is 24.5 Å². The van der Waals surface area contributed by atoms with Crippen molar-refractivity contribution in [1.82, 2.24) is 4.98 Å². The molecule has 2 aromatic rings. The van der Waals surface area contributed by atoms with Gasteiger partial charge in [-0.15, -0.1) is 0 Å². The molecule has 5 heteroatoms. The molecule has 0 spiro atoms. The summed E-state index contributed by atoms with van der Waals surface area (Å²) in [5.74, 6) is 0.777. The number of aromatic nitrogens is 1. The van der Waals surface area contributed by atoms with E-state index in [1.165, 1.54) is 0 Å². The van der Waals surface area contributed by atoms with Gasteiger partial charge in [0.2, 0.25) is 0 Å². The van der Waals surface area contributed by atoms with Crippen LogP contribution in [0.4, 0.5) is 0 Å². The highest BCUT2D eigenvalue weighted by atomic mass is 79.9. The minimum atomic E-state index is 0.0682. The Balaban J connectivity index is 2.00. The summed E-state index contributed by atoms with van der Waals surface area (Å²) in [5, 5.41) is 7.30. The van der Waals surface area contributed by atoms with Crippen molar-refractivity contribution in [1.29, 1.82) is 5.41 Å². The summed E-state index contributed by atoms with van der Waals surface area (Å²) >= 11 is 3.33. The van der Waals surface area contributed by atoms with Crippen LogP contribution in [-0.2, 0) is 6.61 Å². The van der Waals surface area contributed by atoms with Crippen molar-refractivity contribution in [2.24, 2.45) is 5.73 Å². The quantitative estimate of drug-likeness (QED) is 0.674. The van der Waals surface area contributed by atoms with Crippen molar-refractivity contribution in [3.8, 4) is 5.75 Å². The third-order valence-electron chi connectivity index (χ3n) is 2.35. The molecule has 1 aromatic heterocycles. The van der Waals surface area contributed by atoms with Crippen molar-refractivity contribution in [2.75, 3.05) is 0 Å². The van der Waals surface area contributed by atoms with E-state index >= 15 is 0 Å². The third kappa shape index (κ3) is 3.30. The van der Waals surface area contributed by atoms with Gasteiger partial charge in [-0.2, -0.15) is 0 Å². The van der Waals surface area contributed by atoms with Crippen LogP contribution in [0.5, 0.6) is 5.75 Å². The van der Waals surface area contributed by atoms with Gasteiger partial charge in [-0.1, -0.05) is 24.3 Å². The minimum Gasteiger partial charge on any atom is -0.487 e. The van der Waals surface area contributed by atoms with E-state index in [0.29, 0.717) is 17.9 Å². The lowest BCUT2D eigenvalue weighted by Crippen LogP contribution is -2.10. The Morgan fingerprint density at radius 2 is 2.00 bits per heavy atom. The number of benzene rings is 1. The zero-order valence-electron chi connectivity index (χ0n) is 9.56. The summed E-state index contributed by atoms with van der Waals surface area (Å²) in [5.41, 5.74) is 7.11. The van der Waals surface area contributed by atoms with Gasteiger partial charge in [-0.25, -0.2) is 0 Å². The van der Waals surface area contributed by atoms with Gasteiger partial charge in [0, 0.05) is 16.2 Å². The first-order valence-corrected chi connectivity index (χ1v) is 6.11. The number of nitrogen functional groups attached to an aromatic ring is 1. The van der Waals surface area contributed by atoms with Crippen LogP contribution < -0.4 is 10.5 Å². The maximum absolute atomic E-state index is 7.30. The summed E-state index contributed by atoms with van der Waals surface area (Å²) in [7, 11) is 0. The molecule has 1 heterocycles. The zero-order valence-corrected chi connectivity index (χ0v) is 11.1. The molecule has 0 saturated heterocycles. The number of ether oxygens (including phenoxy) is 1. The first-order valence-electron chi connectivity index (χ1n) is 5.32. The van der Waals surface area contributed by atoms with E-state index in [-0.39, 0.29) is 5.84 Å². The van der Waals surface area contributed by atoms with E-state index in [1.807, 2.05) is 18.2 Å². The Morgan fingerprint density at radius 1 is 1.28 bits per heavy atom. The molecule has 0 amide bonds. The number of pyridine rings is 1. The van der Waals surface area contributed by atoms with Crippen LogP contribution in [0.25, 0.3) is 0 Å². The van der Waals surface area contributed by atoms with Gasteiger partial charge in [0.15, 0.2) is 0 Å². The van der Waals surface area contributed by atoms with Gasteiger partial charge in [-0.05, 0) is 27.6 Å². The molecule has 18 heavy (non-hydrogen) atoms. The second kappa shape index (κ2) is 5.64. The molecule has 0 aliphatic carbocycles. The maximum atomic E-state index is 7.30. The summed E-state index contributed by atoms with van der Waals surface area (Å²) < 4.78 is 6.48. The number of nitrogens with zero attached hydrogens (tertiary/aromatic N) is 1. The SMILES string of the molecule is N=C(N)c1ccc(COc2cncc(Br)c2)cc1. The number of nitrogens with one attached hydrogen (secondary N) is 1. The molecule has 92 valence electrons. The predicted molar refractivity (Wildman–Crippen MR) is 73.7 cm³/mol. The highest BCUT2D eigenvalue weighted by Gasteiger charge is 1.99. The van der Waals surface area contributed by atoms with Crippen LogP contribution in [0, 0.1) is 5.41 Å². The van der Waals surface area contributed by atoms with Gasteiger partial charge in [0.25, 0.3) is 0 Å². The molecule has 0 aliphatic heterocycles. The Kier molecular flexibility index (Phi) is 3.94. The maximum Gasteiger partial charge on any atom is 0.139 e. The standard InChI is InChI=1S/C13H12BrN3O/c14-11-5-12(7-17-6-11)18-8-9-1-3-10(4-2-9)13(15)16/h1-7H,8H2,(H3,15,16). The van der Waals surface area contributed by atoms with Crippen molar-refractivity contribution < 1.29 is 4.74 Å². The average molecular weight is 306 g/mol. The van der Waals surface area contributed by atoms with Gasteiger partial charge < -0.3 is 10.5 Å². The molecule has 0 radical (unpaired) electrons. The van der Waals surface area contributed by atoms with Crippen molar-refractivity contribution in [3.63, 3.8) is 0 Å². The second-order valence-corrected chi connectivity index (χ2v) is 4.65. The number of hydrogen-bond acceptors (Lipinski definition) is 3. The molecular formula is C13H12BrN3O. The number of rotatable bonds is 4. The minimum absolute atomic E-state index is 0.0682. The first-order chi connectivity index (χ1) is 8.65.